The third kappa shape index (κ3) is 7.15. The molecule has 2 N–H and O–H groups in total. The van der Waals surface area contributed by atoms with Gasteiger partial charge in [-0.1, -0.05) is 26.0 Å². The molecule has 1 aromatic rings. The van der Waals surface area contributed by atoms with Crippen molar-refractivity contribution < 1.29 is 24.2 Å². The van der Waals surface area contributed by atoms with Crippen molar-refractivity contribution in [2.45, 2.75) is 32.3 Å². The fourth-order valence-corrected chi connectivity index (χ4v) is 1.19. The maximum Gasteiger partial charge on any atom is 0.119 e. The molecule has 0 amide bonds. The lowest BCUT2D eigenvalue weighted by molar-refractivity contribution is 0.104. The first-order valence-electron chi connectivity index (χ1n) is 9.38. The van der Waals surface area contributed by atoms with E-state index in [1.807, 2.05) is 0 Å². The minimum absolute atomic E-state index is 0.0465. The highest BCUT2D eigenvalue weighted by Crippen LogP contribution is 2.12. The molecule has 0 saturated heterocycles. The number of benzene rings is 1. The standard InChI is InChI=1S/C15H25NO3/c1-12(2)16-10-14(17)11-19-15-6-4-13(5-7-15)8-9-18-3/h4-7,12,14,16-17H,8-11H2,1-3H3/i8D2,9D2,10D2,12D. The summed E-state index contributed by atoms with van der Waals surface area (Å²) in [7, 11) is 1.08. The molecule has 0 aromatic heterocycles. The Morgan fingerprint density at radius 2 is 2.05 bits per heavy atom. The summed E-state index contributed by atoms with van der Waals surface area (Å²) in [5.74, 6) is 0.252. The molecule has 4 heteroatoms. The molecule has 0 radical (unpaired) electrons. The van der Waals surface area contributed by atoms with Crippen molar-refractivity contribution in [1.82, 2.24) is 5.32 Å². The van der Waals surface area contributed by atoms with Gasteiger partial charge < -0.3 is 19.9 Å². The molecule has 4 nitrogen and oxygen atoms in total. The Kier molecular flexibility index (Phi) is 3.87. The summed E-state index contributed by atoms with van der Waals surface area (Å²) in [6.07, 6.45) is -3.93. The van der Waals surface area contributed by atoms with Crippen LogP contribution in [0.4, 0.5) is 0 Å². The molecule has 0 aliphatic rings. The predicted molar refractivity (Wildman–Crippen MR) is 76.7 cm³/mol. The third-order valence-electron chi connectivity index (χ3n) is 2.05. The molecular formula is C15H25NO3. The number of nitrogens with one attached hydrogen (secondary N) is 1. The first-order valence-corrected chi connectivity index (χ1v) is 5.88. The molecule has 0 aliphatic heterocycles. The average molecular weight is 274 g/mol. The highest BCUT2D eigenvalue weighted by molar-refractivity contribution is 5.27. The zero-order chi connectivity index (χ0) is 20.4. The Labute approximate surface area is 125 Å². The van der Waals surface area contributed by atoms with Gasteiger partial charge in [0.2, 0.25) is 0 Å². The molecule has 19 heavy (non-hydrogen) atoms. The molecule has 0 bridgehead atoms. The van der Waals surface area contributed by atoms with Crippen LogP contribution >= 0.6 is 0 Å². The van der Waals surface area contributed by atoms with Crippen molar-refractivity contribution in [1.29, 1.82) is 0 Å². The van der Waals surface area contributed by atoms with Gasteiger partial charge in [-0.2, -0.15) is 0 Å². The van der Waals surface area contributed by atoms with Crippen LogP contribution in [0.1, 0.15) is 29.0 Å². The number of hydrogen-bond acceptors (Lipinski definition) is 4. The topological polar surface area (TPSA) is 50.7 Å². The quantitative estimate of drug-likeness (QED) is 0.718. The number of methoxy groups -OCH3 is 1. The van der Waals surface area contributed by atoms with Crippen LogP contribution in [0.2, 0.25) is 0 Å². The van der Waals surface area contributed by atoms with E-state index in [-0.39, 0.29) is 17.9 Å². The van der Waals surface area contributed by atoms with E-state index in [0.29, 0.717) is 0 Å². The second-order valence-corrected chi connectivity index (χ2v) is 4.05. The molecular weight excluding hydrogens is 242 g/mol. The van der Waals surface area contributed by atoms with E-state index in [1.165, 1.54) is 38.1 Å². The van der Waals surface area contributed by atoms with Crippen LogP contribution in [-0.4, -0.2) is 44.0 Å². The van der Waals surface area contributed by atoms with Crippen molar-refractivity contribution in [3.05, 3.63) is 29.8 Å². The summed E-state index contributed by atoms with van der Waals surface area (Å²) < 4.78 is 64.0. The molecule has 0 fully saturated rings. The van der Waals surface area contributed by atoms with Crippen LogP contribution in [0.25, 0.3) is 0 Å². The van der Waals surface area contributed by atoms with E-state index in [2.05, 4.69) is 10.1 Å². The number of aliphatic hydroxyl groups is 1. The molecule has 0 heterocycles. The van der Waals surface area contributed by atoms with Gasteiger partial charge in [0.05, 0.1) is 9.30 Å². The van der Waals surface area contributed by atoms with Crippen molar-refractivity contribution in [2.75, 3.05) is 26.8 Å². The van der Waals surface area contributed by atoms with E-state index in [9.17, 15) is 5.11 Å². The lowest BCUT2D eigenvalue weighted by atomic mass is 10.1. The first-order chi connectivity index (χ1) is 11.6. The largest absolute Gasteiger partial charge is 0.491 e. The molecule has 1 rings (SSSR count). The van der Waals surface area contributed by atoms with Gasteiger partial charge in [0, 0.05) is 26.5 Å². The van der Waals surface area contributed by atoms with Crippen LogP contribution in [-0.2, 0) is 11.1 Å². The Bertz CT molecular complexity index is 588. The number of ether oxygens (including phenoxy) is 2. The monoisotopic (exact) mass is 274 g/mol. The van der Waals surface area contributed by atoms with Crippen molar-refractivity contribution >= 4 is 0 Å². The fraction of sp³-hybridized carbons (Fsp3) is 0.600. The van der Waals surface area contributed by atoms with Crippen LogP contribution in [0, 0.1) is 0 Å². The van der Waals surface area contributed by atoms with Crippen LogP contribution in [0.5, 0.6) is 5.75 Å². The summed E-state index contributed by atoms with van der Waals surface area (Å²) in [5, 5.41) is 12.3. The van der Waals surface area contributed by atoms with E-state index in [4.69, 9.17) is 14.3 Å². The second kappa shape index (κ2) is 8.91. The summed E-state index contributed by atoms with van der Waals surface area (Å²) in [6.45, 7) is -2.25. The predicted octanol–water partition coefficient (Wildman–Crippen LogP) is 1.61. The smallest absolute Gasteiger partial charge is 0.119 e. The molecule has 1 unspecified atom stereocenters. The highest BCUT2D eigenvalue weighted by atomic mass is 16.5. The molecule has 1 aromatic carbocycles. The first kappa shape index (κ1) is 8.25. The normalized spacial score (nSPS) is 20.9. The Morgan fingerprint density at radius 1 is 1.37 bits per heavy atom. The van der Waals surface area contributed by atoms with Gasteiger partial charge in [-0.05, 0) is 24.1 Å². The summed E-state index contributed by atoms with van der Waals surface area (Å²) >= 11 is 0. The Morgan fingerprint density at radius 3 is 2.63 bits per heavy atom. The zero-order valence-electron chi connectivity index (χ0n) is 18.4. The molecule has 0 aliphatic carbocycles. The second-order valence-electron chi connectivity index (χ2n) is 4.05. The maximum atomic E-state index is 9.95. The van der Waals surface area contributed by atoms with Gasteiger partial charge >= 0.3 is 0 Å². The van der Waals surface area contributed by atoms with Gasteiger partial charge in [0.25, 0.3) is 0 Å². The third-order valence-corrected chi connectivity index (χ3v) is 2.05. The van der Waals surface area contributed by atoms with E-state index < -0.39 is 31.6 Å². The zero-order valence-corrected chi connectivity index (χ0v) is 11.4. The average Bonchev–Trinajstić information content (AvgIpc) is 2.50. The van der Waals surface area contributed by atoms with Gasteiger partial charge in [-0.3, -0.25) is 0 Å². The highest BCUT2D eigenvalue weighted by Gasteiger charge is 2.05. The minimum atomic E-state index is -2.52. The van der Waals surface area contributed by atoms with Gasteiger partial charge in [0.15, 0.2) is 0 Å². The number of aliphatic hydroxyl groups excluding tert-OH is 1. The van der Waals surface area contributed by atoms with E-state index in [1.54, 1.807) is 0 Å². The van der Waals surface area contributed by atoms with Gasteiger partial charge in [-0.25, -0.2) is 0 Å². The van der Waals surface area contributed by atoms with Crippen LogP contribution in [0.3, 0.4) is 0 Å². The Hall–Kier alpha value is -1.10. The van der Waals surface area contributed by atoms with Crippen molar-refractivity contribution in [2.24, 2.45) is 0 Å². The minimum Gasteiger partial charge on any atom is -0.491 e. The molecule has 108 valence electrons. The summed E-state index contributed by atoms with van der Waals surface area (Å²) in [4.78, 5) is 0. The fourth-order valence-electron chi connectivity index (χ4n) is 1.19. The van der Waals surface area contributed by atoms with Gasteiger partial charge in [0.1, 0.15) is 18.5 Å². The summed E-state index contributed by atoms with van der Waals surface area (Å²) in [5.41, 5.74) is 0.0465. The SMILES string of the molecule is [2H]C(C)(C)NC([2H])([2H])C(O)COc1ccc(C([2H])([2H])C([2H])([2H])OC)cc1. The lowest BCUT2D eigenvalue weighted by Gasteiger charge is -2.15. The maximum absolute atomic E-state index is 9.95. The number of rotatable bonds is 9. The molecule has 1 atom stereocenters. The molecule has 0 saturated carbocycles. The van der Waals surface area contributed by atoms with Gasteiger partial charge in [-0.15, -0.1) is 0 Å². The van der Waals surface area contributed by atoms with Crippen molar-refractivity contribution in [3.63, 3.8) is 0 Å². The van der Waals surface area contributed by atoms with E-state index >= 15 is 0 Å². The van der Waals surface area contributed by atoms with Crippen LogP contribution in [0.15, 0.2) is 24.3 Å². The lowest BCUT2D eigenvalue weighted by Crippen LogP contribution is -2.35. The van der Waals surface area contributed by atoms with E-state index in [0.717, 1.165) is 7.11 Å². The summed E-state index contributed by atoms with van der Waals surface area (Å²) in [6, 6.07) is 4.17. The number of hydrogen-bond donors (Lipinski definition) is 2. The Balaban J connectivity index is 2.77. The van der Waals surface area contributed by atoms with Crippen LogP contribution < -0.4 is 10.1 Å². The number of aryl methyl sites for hydroxylation is 1. The molecule has 0 spiro atoms. The van der Waals surface area contributed by atoms with Crippen molar-refractivity contribution in [3.8, 4) is 5.75 Å².